The van der Waals surface area contributed by atoms with E-state index in [1.54, 1.807) is 30.1 Å². The van der Waals surface area contributed by atoms with Gasteiger partial charge in [-0.1, -0.05) is 12.1 Å². The highest BCUT2D eigenvalue weighted by Crippen LogP contribution is 2.30. The second-order valence-corrected chi connectivity index (χ2v) is 4.27. The third-order valence-electron chi connectivity index (χ3n) is 3.03. The van der Waals surface area contributed by atoms with E-state index in [0.29, 0.717) is 17.0 Å². The van der Waals surface area contributed by atoms with Crippen molar-refractivity contribution in [1.29, 1.82) is 0 Å². The van der Waals surface area contributed by atoms with Gasteiger partial charge in [0.1, 0.15) is 11.4 Å². The molecule has 1 unspecified atom stereocenters. The highest BCUT2D eigenvalue weighted by Gasteiger charge is 2.22. The molecule has 3 N–H and O–H groups in total. The van der Waals surface area contributed by atoms with Gasteiger partial charge >= 0.3 is 6.61 Å². The number of hydrogen-bond acceptors (Lipinski definition) is 5. The Morgan fingerprint density at radius 2 is 2.14 bits per heavy atom. The van der Waals surface area contributed by atoms with Gasteiger partial charge in [0.05, 0.1) is 19.3 Å². The number of aromatic nitrogens is 2. The van der Waals surface area contributed by atoms with Crippen LogP contribution in [0.5, 0.6) is 11.5 Å². The Hall–Kier alpha value is -2.19. The Kier molecular flexibility index (Phi) is 4.71. The lowest BCUT2D eigenvalue weighted by Crippen LogP contribution is -2.30. The molecule has 0 amide bonds. The molecule has 0 aliphatic carbocycles. The van der Waals surface area contributed by atoms with Crippen LogP contribution in [0.1, 0.15) is 17.3 Å². The van der Waals surface area contributed by atoms with Crippen LogP contribution in [-0.2, 0) is 7.05 Å². The van der Waals surface area contributed by atoms with Crippen LogP contribution in [0.4, 0.5) is 8.78 Å². The minimum Gasteiger partial charge on any atom is -0.493 e. The minimum atomic E-state index is -2.88. The van der Waals surface area contributed by atoms with Crippen LogP contribution >= 0.6 is 0 Å². The lowest BCUT2D eigenvalue weighted by Gasteiger charge is -2.19. The number of nitrogens with zero attached hydrogens (tertiary/aromatic N) is 2. The minimum absolute atomic E-state index is 0.0592. The molecule has 2 rings (SSSR count). The fourth-order valence-electron chi connectivity index (χ4n) is 2.12. The second kappa shape index (κ2) is 6.51. The molecular weight excluding hydrogens is 282 g/mol. The van der Waals surface area contributed by atoms with E-state index < -0.39 is 12.7 Å². The molecule has 1 aromatic heterocycles. The third kappa shape index (κ3) is 3.29. The van der Waals surface area contributed by atoms with Gasteiger partial charge in [0.25, 0.3) is 0 Å². The molecule has 0 spiro atoms. The number of nitrogens with one attached hydrogen (secondary N) is 1. The molecule has 6 nitrogen and oxygen atoms in total. The monoisotopic (exact) mass is 298 g/mol. The van der Waals surface area contributed by atoms with Gasteiger partial charge < -0.3 is 9.47 Å². The summed E-state index contributed by atoms with van der Waals surface area (Å²) >= 11 is 0. The van der Waals surface area contributed by atoms with E-state index in [-0.39, 0.29) is 5.75 Å². The highest BCUT2D eigenvalue weighted by atomic mass is 19.3. The van der Waals surface area contributed by atoms with Crippen molar-refractivity contribution in [3.63, 3.8) is 0 Å². The number of aryl methyl sites for hydroxylation is 1. The fraction of sp³-hybridized carbons (Fsp3) is 0.308. The predicted molar refractivity (Wildman–Crippen MR) is 72.0 cm³/mol. The Morgan fingerprint density at radius 1 is 1.38 bits per heavy atom. The lowest BCUT2D eigenvalue weighted by molar-refractivity contribution is -0.0498. The molecule has 0 radical (unpaired) electrons. The summed E-state index contributed by atoms with van der Waals surface area (Å²) in [5, 5.41) is 4.10. The van der Waals surface area contributed by atoms with Crippen LogP contribution in [0, 0.1) is 0 Å². The van der Waals surface area contributed by atoms with Gasteiger partial charge in [0.15, 0.2) is 5.75 Å². The Morgan fingerprint density at radius 3 is 2.76 bits per heavy atom. The van der Waals surface area contributed by atoms with Crippen LogP contribution < -0.4 is 20.7 Å². The van der Waals surface area contributed by atoms with Crippen LogP contribution in [-0.4, -0.2) is 23.5 Å². The van der Waals surface area contributed by atoms with Crippen molar-refractivity contribution in [2.75, 3.05) is 7.11 Å². The van der Waals surface area contributed by atoms with E-state index in [1.165, 1.54) is 19.2 Å². The van der Waals surface area contributed by atoms with Crippen LogP contribution in [0.2, 0.25) is 0 Å². The van der Waals surface area contributed by atoms with Crippen LogP contribution in [0.15, 0.2) is 30.5 Å². The molecule has 0 bridgehead atoms. The Labute approximate surface area is 120 Å². The molecule has 0 fully saturated rings. The Bertz CT molecular complexity index is 604. The maximum Gasteiger partial charge on any atom is 0.387 e. The number of nitrogens with two attached hydrogens (primary N) is 1. The van der Waals surface area contributed by atoms with Gasteiger partial charge in [-0.2, -0.15) is 13.9 Å². The van der Waals surface area contributed by atoms with Gasteiger partial charge in [-0.05, 0) is 17.7 Å². The van der Waals surface area contributed by atoms with E-state index in [1.807, 2.05) is 0 Å². The van der Waals surface area contributed by atoms with Gasteiger partial charge in [0, 0.05) is 7.05 Å². The van der Waals surface area contributed by atoms with Crippen molar-refractivity contribution in [3.8, 4) is 11.5 Å². The molecule has 114 valence electrons. The molecule has 1 atom stereocenters. The number of hydrazine groups is 1. The van der Waals surface area contributed by atoms with Crippen molar-refractivity contribution < 1.29 is 18.3 Å². The molecule has 0 aliphatic rings. The molecule has 0 saturated carbocycles. The summed E-state index contributed by atoms with van der Waals surface area (Å²) in [6.45, 7) is -2.88. The molecule has 2 aromatic rings. The van der Waals surface area contributed by atoms with E-state index in [2.05, 4.69) is 15.3 Å². The van der Waals surface area contributed by atoms with E-state index in [0.717, 1.165) is 0 Å². The summed E-state index contributed by atoms with van der Waals surface area (Å²) in [6.07, 6.45) is 1.55. The van der Waals surface area contributed by atoms with Crippen molar-refractivity contribution in [3.05, 3.63) is 41.7 Å². The molecule has 1 aromatic carbocycles. The van der Waals surface area contributed by atoms with E-state index >= 15 is 0 Å². The van der Waals surface area contributed by atoms with Gasteiger partial charge in [-0.25, -0.2) is 5.43 Å². The number of alkyl halides is 2. The average Bonchev–Trinajstić information content (AvgIpc) is 2.81. The Balaban J connectivity index is 2.39. The zero-order valence-electron chi connectivity index (χ0n) is 11.6. The standard InChI is InChI=1S/C13H16F2N4O2/c1-19-12(10(20-2)7-17-19)11(18-16)8-4-3-5-9(6-8)21-13(14)15/h3-7,11,13,18H,16H2,1-2H3. The number of hydrogen-bond donors (Lipinski definition) is 2. The number of halogens is 2. The predicted octanol–water partition coefficient (Wildman–Crippen LogP) is 1.58. The summed E-state index contributed by atoms with van der Waals surface area (Å²) in [5.74, 6) is 6.21. The maximum atomic E-state index is 12.3. The summed E-state index contributed by atoms with van der Waals surface area (Å²) in [4.78, 5) is 0. The average molecular weight is 298 g/mol. The van der Waals surface area contributed by atoms with Gasteiger partial charge in [0.2, 0.25) is 0 Å². The number of benzene rings is 1. The SMILES string of the molecule is COc1cnn(C)c1C(NN)c1cccc(OC(F)F)c1. The quantitative estimate of drug-likeness (QED) is 0.625. The smallest absolute Gasteiger partial charge is 0.387 e. The normalized spacial score (nSPS) is 12.5. The largest absolute Gasteiger partial charge is 0.493 e. The van der Waals surface area contributed by atoms with Crippen molar-refractivity contribution >= 4 is 0 Å². The summed E-state index contributed by atoms with van der Waals surface area (Å²) < 4.78 is 35.8. The zero-order valence-corrected chi connectivity index (χ0v) is 11.6. The summed E-state index contributed by atoms with van der Waals surface area (Å²) in [6, 6.07) is 5.82. The first-order valence-corrected chi connectivity index (χ1v) is 6.13. The second-order valence-electron chi connectivity index (χ2n) is 4.27. The van der Waals surface area contributed by atoms with Gasteiger partial charge in [-0.3, -0.25) is 10.5 Å². The number of ether oxygens (including phenoxy) is 2. The zero-order chi connectivity index (χ0) is 15.4. The summed E-state index contributed by atoms with van der Waals surface area (Å²) in [7, 11) is 3.26. The first-order valence-electron chi connectivity index (χ1n) is 6.13. The molecule has 8 heteroatoms. The topological polar surface area (TPSA) is 74.3 Å². The first-order chi connectivity index (χ1) is 10.1. The first kappa shape index (κ1) is 15.2. The van der Waals surface area contributed by atoms with Crippen molar-refractivity contribution in [2.45, 2.75) is 12.7 Å². The molecule has 1 heterocycles. The molecule has 0 aliphatic heterocycles. The number of rotatable bonds is 6. The van der Waals surface area contributed by atoms with E-state index in [9.17, 15) is 8.78 Å². The van der Waals surface area contributed by atoms with Gasteiger partial charge in [-0.15, -0.1) is 0 Å². The maximum absolute atomic E-state index is 12.3. The lowest BCUT2D eigenvalue weighted by atomic mass is 10.0. The van der Waals surface area contributed by atoms with Crippen LogP contribution in [0.3, 0.4) is 0 Å². The number of methoxy groups -OCH3 is 1. The fourth-order valence-corrected chi connectivity index (χ4v) is 2.12. The van der Waals surface area contributed by atoms with E-state index in [4.69, 9.17) is 10.6 Å². The third-order valence-corrected chi connectivity index (χ3v) is 3.03. The summed E-state index contributed by atoms with van der Waals surface area (Å²) in [5.41, 5.74) is 3.96. The molecule has 21 heavy (non-hydrogen) atoms. The highest BCUT2D eigenvalue weighted by molar-refractivity contribution is 5.39. The molecule has 0 saturated heterocycles. The molecular formula is C13H16F2N4O2. The van der Waals surface area contributed by atoms with Crippen LogP contribution in [0.25, 0.3) is 0 Å². The van der Waals surface area contributed by atoms with Crippen molar-refractivity contribution in [2.24, 2.45) is 12.9 Å². The van der Waals surface area contributed by atoms with Crippen molar-refractivity contribution in [1.82, 2.24) is 15.2 Å².